The van der Waals surface area contributed by atoms with E-state index in [4.69, 9.17) is 9.73 Å². The topological polar surface area (TPSA) is 66.0 Å². The van der Waals surface area contributed by atoms with Crippen molar-refractivity contribution in [3.63, 3.8) is 0 Å². The lowest BCUT2D eigenvalue weighted by Crippen LogP contribution is -2.47. The summed E-state index contributed by atoms with van der Waals surface area (Å²) in [5.41, 5.74) is 1.97. The molecule has 0 bridgehead atoms. The lowest BCUT2D eigenvalue weighted by molar-refractivity contribution is -0.122. The number of nitrogens with zero attached hydrogens (tertiary/aromatic N) is 2. The van der Waals surface area contributed by atoms with Gasteiger partial charge in [0.15, 0.2) is 5.96 Å². The van der Waals surface area contributed by atoms with Gasteiger partial charge in [0.25, 0.3) is 0 Å². The number of hydrogen-bond donors (Lipinski definition) is 2. The van der Waals surface area contributed by atoms with Crippen molar-refractivity contribution >= 4 is 41.5 Å². The van der Waals surface area contributed by atoms with Crippen LogP contribution in [0.1, 0.15) is 51.5 Å². The predicted octanol–water partition coefficient (Wildman–Crippen LogP) is 4.01. The van der Waals surface area contributed by atoms with Crippen LogP contribution in [0.5, 0.6) is 0 Å². The van der Waals surface area contributed by atoms with Crippen LogP contribution in [0.3, 0.4) is 0 Å². The average molecular weight is 514 g/mol. The maximum Gasteiger partial charge on any atom is 0.227 e. The van der Waals surface area contributed by atoms with Crippen molar-refractivity contribution in [1.82, 2.24) is 10.2 Å². The lowest BCUT2D eigenvalue weighted by atomic mass is 9.85. The first-order valence-electron chi connectivity index (χ1n) is 10.7. The molecular formula is C22H35IN4O2. The van der Waals surface area contributed by atoms with E-state index >= 15 is 0 Å². The van der Waals surface area contributed by atoms with E-state index in [2.05, 4.69) is 35.4 Å². The van der Waals surface area contributed by atoms with Gasteiger partial charge in [0.05, 0.1) is 12.6 Å². The highest BCUT2D eigenvalue weighted by Gasteiger charge is 2.25. The van der Waals surface area contributed by atoms with Gasteiger partial charge in [0.2, 0.25) is 5.91 Å². The van der Waals surface area contributed by atoms with Crippen LogP contribution in [0.15, 0.2) is 29.3 Å². The van der Waals surface area contributed by atoms with Crippen LogP contribution in [-0.2, 0) is 16.1 Å². The average Bonchev–Trinajstić information content (AvgIpc) is 2.65. The zero-order valence-corrected chi connectivity index (χ0v) is 20.0. The number of hydrogen-bond acceptors (Lipinski definition) is 3. The highest BCUT2D eigenvalue weighted by molar-refractivity contribution is 14.0. The zero-order chi connectivity index (χ0) is 19.8. The highest BCUT2D eigenvalue weighted by atomic mass is 127. The van der Waals surface area contributed by atoms with Crippen molar-refractivity contribution < 1.29 is 9.53 Å². The second-order valence-electron chi connectivity index (χ2n) is 7.63. The van der Waals surface area contributed by atoms with Gasteiger partial charge in [-0.05, 0) is 57.2 Å². The van der Waals surface area contributed by atoms with Gasteiger partial charge in [-0.25, -0.2) is 4.99 Å². The van der Waals surface area contributed by atoms with Crippen molar-refractivity contribution in [2.45, 2.75) is 58.6 Å². The van der Waals surface area contributed by atoms with E-state index in [1.54, 1.807) is 0 Å². The first kappa shape index (κ1) is 23.9. The smallest absolute Gasteiger partial charge is 0.227 e. The second kappa shape index (κ2) is 12.4. The number of likely N-dealkylation sites (tertiary alicyclic amines) is 1. The molecule has 0 aromatic heterocycles. The first-order valence-corrected chi connectivity index (χ1v) is 10.7. The number of halogens is 1. The molecule has 1 aromatic rings. The molecule has 1 saturated carbocycles. The van der Waals surface area contributed by atoms with E-state index in [0.717, 1.165) is 69.1 Å². The summed E-state index contributed by atoms with van der Waals surface area (Å²) in [6, 6.07) is 8.04. The van der Waals surface area contributed by atoms with Crippen LogP contribution in [-0.4, -0.2) is 49.1 Å². The molecule has 29 heavy (non-hydrogen) atoms. The first-order chi connectivity index (χ1) is 13.7. The number of nitrogens with one attached hydrogen (secondary N) is 2. The molecule has 1 saturated heterocycles. The number of carbonyl (C=O) groups excluding carboxylic acids is 1. The molecule has 0 unspecified atom stereocenters. The monoisotopic (exact) mass is 514 g/mol. The second-order valence-corrected chi connectivity index (χ2v) is 7.63. The number of benzene rings is 1. The Labute approximate surface area is 191 Å². The molecule has 7 heteroatoms. The van der Waals surface area contributed by atoms with Crippen LogP contribution in [0.4, 0.5) is 5.69 Å². The molecule has 0 radical (unpaired) electrons. The highest BCUT2D eigenvalue weighted by Crippen LogP contribution is 2.27. The third-order valence-electron chi connectivity index (χ3n) is 5.56. The molecule has 1 amide bonds. The fourth-order valence-corrected chi connectivity index (χ4v) is 3.72. The number of amides is 1. The fourth-order valence-electron chi connectivity index (χ4n) is 3.72. The van der Waals surface area contributed by atoms with Gasteiger partial charge in [0.1, 0.15) is 0 Å². The van der Waals surface area contributed by atoms with Crippen molar-refractivity contribution in [2.75, 3.05) is 31.6 Å². The molecule has 2 N–H and O–H groups in total. The summed E-state index contributed by atoms with van der Waals surface area (Å²) in [6.45, 7) is 8.32. The summed E-state index contributed by atoms with van der Waals surface area (Å²) in [5.74, 6) is 1.31. The maximum absolute atomic E-state index is 12.2. The minimum atomic E-state index is 0. The summed E-state index contributed by atoms with van der Waals surface area (Å²) in [7, 11) is 0. The summed E-state index contributed by atoms with van der Waals surface area (Å²) < 4.78 is 5.75. The third kappa shape index (κ3) is 7.13. The van der Waals surface area contributed by atoms with E-state index in [0.29, 0.717) is 12.6 Å². The Morgan fingerprint density at radius 2 is 1.97 bits per heavy atom. The molecule has 0 spiro atoms. The molecular weight excluding hydrogens is 479 g/mol. The number of anilines is 1. The van der Waals surface area contributed by atoms with Gasteiger partial charge in [-0.15, -0.1) is 24.0 Å². The Morgan fingerprint density at radius 1 is 1.21 bits per heavy atom. The molecule has 1 aliphatic carbocycles. The molecule has 1 aromatic carbocycles. The van der Waals surface area contributed by atoms with E-state index in [1.807, 2.05) is 18.2 Å². The van der Waals surface area contributed by atoms with Crippen LogP contribution in [0.2, 0.25) is 0 Å². The summed E-state index contributed by atoms with van der Waals surface area (Å²) in [4.78, 5) is 19.3. The molecule has 162 valence electrons. The number of ether oxygens (including phenoxy) is 1. The van der Waals surface area contributed by atoms with Crippen molar-refractivity contribution in [3.05, 3.63) is 29.8 Å². The SMILES string of the molecule is CCNC(=NCc1cccc(NC(=O)C2CCC2)c1)N1CCC(OCC)CC1.I. The van der Waals surface area contributed by atoms with E-state index in [1.165, 1.54) is 6.42 Å². The van der Waals surface area contributed by atoms with Crippen LogP contribution >= 0.6 is 24.0 Å². The Hall–Kier alpha value is -1.35. The number of rotatable bonds is 7. The van der Waals surface area contributed by atoms with Gasteiger partial charge in [-0.2, -0.15) is 0 Å². The van der Waals surface area contributed by atoms with E-state index < -0.39 is 0 Å². The normalized spacial score (nSPS) is 18.0. The summed E-state index contributed by atoms with van der Waals surface area (Å²) in [5, 5.41) is 6.46. The minimum absolute atomic E-state index is 0. The summed E-state index contributed by atoms with van der Waals surface area (Å²) in [6.07, 6.45) is 5.66. The van der Waals surface area contributed by atoms with Crippen LogP contribution in [0.25, 0.3) is 0 Å². The van der Waals surface area contributed by atoms with Gasteiger partial charge in [-0.1, -0.05) is 18.6 Å². The maximum atomic E-state index is 12.2. The molecule has 1 heterocycles. The Balaban J connectivity index is 0.00000300. The predicted molar refractivity (Wildman–Crippen MR) is 129 cm³/mol. The summed E-state index contributed by atoms with van der Waals surface area (Å²) >= 11 is 0. The number of aliphatic imine (C=N–C) groups is 1. The number of piperidine rings is 1. The van der Waals surface area contributed by atoms with Gasteiger partial charge in [-0.3, -0.25) is 4.79 Å². The third-order valence-corrected chi connectivity index (χ3v) is 5.56. The Morgan fingerprint density at radius 3 is 2.59 bits per heavy atom. The molecule has 0 atom stereocenters. The van der Waals surface area contributed by atoms with Crippen molar-refractivity contribution in [2.24, 2.45) is 10.9 Å². The molecule has 3 rings (SSSR count). The van der Waals surface area contributed by atoms with Gasteiger partial charge < -0.3 is 20.3 Å². The Kier molecular flexibility index (Phi) is 10.2. The quantitative estimate of drug-likeness (QED) is 0.328. The minimum Gasteiger partial charge on any atom is -0.378 e. The molecule has 6 nitrogen and oxygen atoms in total. The van der Waals surface area contributed by atoms with Crippen molar-refractivity contribution in [1.29, 1.82) is 0 Å². The molecule has 2 fully saturated rings. The van der Waals surface area contributed by atoms with Gasteiger partial charge in [0, 0.05) is 37.8 Å². The molecule has 2 aliphatic rings. The largest absolute Gasteiger partial charge is 0.378 e. The van der Waals surface area contributed by atoms with Crippen LogP contribution < -0.4 is 10.6 Å². The standard InChI is InChI=1S/C22H34N4O2.HI/c1-3-23-22(26-13-11-20(12-14-26)28-4-2)24-16-17-7-5-10-19(15-17)25-21(27)18-8-6-9-18;/h5,7,10,15,18,20H,3-4,6,8-9,11-14,16H2,1-2H3,(H,23,24)(H,25,27);1H. The lowest BCUT2D eigenvalue weighted by Gasteiger charge is -2.34. The number of guanidine groups is 1. The Bertz CT molecular complexity index is 671. The van der Waals surface area contributed by atoms with Crippen molar-refractivity contribution in [3.8, 4) is 0 Å². The van der Waals surface area contributed by atoms with Crippen LogP contribution in [0, 0.1) is 5.92 Å². The zero-order valence-electron chi connectivity index (χ0n) is 17.7. The molecule has 1 aliphatic heterocycles. The number of carbonyl (C=O) groups is 1. The van der Waals surface area contributed by atoms with Gasteiger partial charge >= 0.3 is 0 Å². The fraction of sp³-hybridized carbons (Fsp3) is 0.636. The van der Waals surface area contributed by atoms with E-state index in [-0.39, 0.29) is 35.8 Å². The van der Waals surface area contributed by atoms with E-state index in [9.17, 15) is 4.79 Å².